The Hall–Kier alpha value is -1.77. The number of esters is 1. The smallest absolute Gasteiger partial charge is 0.311 e. The van der Waals surface area contributed by atoms with Crippen LogP contribution in [0.25, 0.3) is 0 Å². The van der Waals surface area contributed by atoms with Crippen LogP contribution in [0, 0.1) is 5.92 Å². The average Bonchev–Trinajstić information content (AvgIpc) is 2.60. The van der Waals surface area contributed by atoms with Gasteiger partial charge in [-0.25, -0.2) is 0 Å². The van der Waals surface area contributed by atoms with Gasteiger partial charge in [0.25, 0.3) is 0 Å². The number of ether oxygens (including phenoxy) is 2. The molecule has 3 nitrogen and oxygen atoms in total. The van der Waals surface area contributed by atoms with Crippen LogP contribution in [0.3, 0.4) is 0 Å². The zero-order valence-corrected chi connectivity index (χ0v) is 21.8. The van der Waals surface area contributed by atoms with Gasteiger partial charge in [-0.3, -0.25) is 4.79 Å². The second-order valence-electron chi connectivity index (χ2n) is 11.2. The molecule has 176 valence electrons. The monoisotopic (exact) mass is 430 g/mol. The quantitative estimate of drug-likeness (QED) is 0.213. The molecule has 0 saturated carbocycles. The summed E-state index contributed by atoms with van der Waals surface area (Å²) in [6.45, 7) is 22.2. The lowest BCUT2D eigenvalue weighted by Crippen LogP contribution is -2.22. The molecule has 31 heavy (non-hydrogen) atoms. The van der Waals surface area contributed by atoms with Gasteiger partial charge in [-0.1, -0.05) is 67.0 Å². The lowest BCUT2D eigenvalue weighted by atomic mass is 9.79. The summed E-state index contributed by atoms with van der Waals surface area (Å²) in [5.74, 6) is 2.02. The number of hydrogen-bond donors (Lipinski definition) is 0. The number of carbonyl (C=O) groups excluding carboxylic acids is 1. The Morgan fingerprint density at radius 1 is 1.00 bits per heavy atom. The third-order valence-electron chi connectivity index (χ3n) is 5.44. The predicted molar refractivity (Wildman–Crippen MR) is 132 cm³/mol. The number of rotatable bonds is 10. The summed E-state index contributed by atoms with van der Waals surface area (Å²) >= 11 is 0. The molecule has 0 aromatic heterocycles. The van der Waals surface area contributed by atoms with Crippen molar-refractivity contribution in [2.45, 2.75) is 112 Å². The average molecular weight is 431 g/mol. The lowest BCUT2D eigenvalue weighted by Gasteiger charge is -2.30. The van der Waals surface area contributed by atoms with E-state index in [4.69, 9.17) is 9.47 Å². The summed E-state index contributed by atoms with van der Waals surface area (Å²) < 4.78 is 12.2. The van der Waals surface area contributed by atoms with Gasteiger partial charge in [-0.2, -0.15) is 0 Å². The van der Waals surface area contributed by atoms with Crippen LogP contribution in [0.5, 0.6) is 11.5 Å². The van der Waals surface area contributed by atoms with E-state index in [2.05, 4.69) is 80.5 Å². The van der Waals surface area contributed by atoms with Crippen molar-refractivity contribution >= 4 is 5.97 Å². The molecule has 0 fully saturated rings. The molecule has 0 aliphatic heterocycles. The zero-order valence-electron chi connectivity index (χ0n) is 21.8. The predicted octanol–water partition coefficient (Wildman–Crippen LogP) is 8.14. The maximum Gasteiger partial charge on any atom is 0.311 e. The molecule has 0 saturated heterocycles. The van der Waals surface area contributed by atoms with E-state index in [1.54, 1.807) is 0 Å². The fraction of sp³-hybridized carbons (Fsp3) is 0.679. The standard InChI is InChI=1S/C28H46O3/c1-11-13-25(29)31-26-23(27(5,6)7)18-22(19-24(26)28(8,9)10)30-17-16-21(4)15-12-14-20(2)3/h14,18-19,21H,11-13,15-17H2,1-10H3. The van der Waals surface area contributed by atoms with Gasteiger partial charge in [0.05, 0.1) is 6.61 Å². The highest BCUT2D eigenvalue weighted by molar-refractivity contribution is 5.74. The summed E-state index contributed by atoms with van der Waals surface area (Å²) in [4.78, 5) is 12.4. The molecule has 0 amide bonds. The Bertz CT molecular complexity index is 705. The van der Waals surface area contributed by atoms with Crippen molar-refractivity contribution in [3.63, 3.8) is 0 Å². The van der Waals surface area contributed by atoms with Gasteiger partial charge in [-0.05, 0) is 68.4 Å². The van der Waals surface area contributed by atoms with Crippen molar-refractivity contribution < 1.29 is 14.3 Å². The van der Waals surface area contributed by atoms with Crippen LogP contribution >= 0.6 is 0 Å². The molecule has 1 atom stereocenters. The fourth-order valence-corrected chi connectivity index (χ4v) is 3.46. The highest BCUT2D eigenvalue weighted by Gasteiger charge is 2.29. The maximum absolute atomic E-state index is 12.4. The minimum Gasteiger partial charge on any atom is -0.494 e. The van der Waals surface area contributed by atoms with Crippen molar-refractivity contribution in [1.82, 2.24) is 0 Å². The van der Waals surface area contributed by atoms with Crippen LogP contribution in [0.2, 0.25) is 0 Å². The molecule has 0 N–H and O–H groups in total. The van der Waals surface area contributed by atoms with E-state index >= 15 is 0 Å². The molecule has 1 aromatic carbocycles. The van der Waals surface area contributed by atoms with Crippen LogP contribution < -0.4 is 9.47 Å². The fourth-order valence-electron chi connectivity index (χ4n) is 3.46. The number of hydrogen-bond acceptors (Lipinski definition) is 3. The zero-order chi connectivity index (χ0) is 23.8. The Balaban J connectivity index is 3.12. The van der Waals surface area contributed by atoms with Gasteiger partial charge >= 0.3 is 5.97 Å². The molecular formula is C28H46O3. The summed E-state index contributed by atoms with van der Waals surface area (Å²) in [6, 6.07) is 4.13. The van der Waals surface area contributed by atoms with E-state index in [9.17, 15) is 4.79 Å². The number of benzene rings is 1. The Morgan fingerprint density at radius 3 is 2.00 bits per heavy atom. The van der Waals surface area contributed by atoms with Gasteiger partial charge in [0, 0.05) is 17.5 Å². The minimum absolute atomic E-state index is 0.168. The largest absolute Gasteiger partial charge is 0.494 e. The van der Waals surface area contributed by atoms with E-state index in [0.717, 1.165) is 36.1 Å². The van der Waals surface area contributed by atoms with Gasteiger partial charge in [0.15, 0.2) is 0 Å². The van der Waals surface area contributed by atoms with E-state index in [-0.39, 0.29) is 16.8 Å². The Morgan fingerprint density at radius 2 is 1.55 bits per heavy atom. The molecule has 0 aliphatic rings. The summed E-state index contributed by atoms with van der Waals surface area (Å²) in [5.41, 5.74) is 3.09. The molecule has 1 rings (SSSR count). The summed E-state index contributed by atoms with van der Waals surface area (Å²) in [6.07, 6.45) is 6.85. The van der Waals surface area contributed by atoms with Gasteiger partial charge < -0.3 is 9.47 Å². The van der Waals surface area contributed by atoms with Crippen molar-refractivity contribution in [2.75, 3.05) is 6.61 Å². The maximum atomic E-state index is 12.4. The topological polar surface area (TPSA) is 35.5 Å². The van der Waals surface area contributed by atoms with Gasteiger partial charge in [-0.15, -0.1) is 0 Å². The first kappa shape index (κ1) is 27.3. The molecule has 0 bridgehead atoms. The first-order chi connectivity index (χ1) is 14.3. The van der Waals surface area contributed by atoms with Crippen LogP contribution in [0.1, 0.15) is 112 Å². The molecule has 0 heterocycles. The van der Waals surface area contributed by atoms with Crippen molar-refractivity contribution in [2.24, 2.45) is 5.92 Å². The van der Waals surface area contributed by atoms with Crippen molar-refractivity contribution in [3.8, 4) is 11.5 Å². The van der Waals surface area contributed by atoms with Crippen LogP contribution in [-0.2, 0) is 15.6 Å². The van der Waals surface area contributed by atoms with Gasteiger partial charge in [0.1, 0.15) is 11.5 Å². The SMILES string of the molecule is CCCC(=O)Oc1c(C(C)(C)C)cc(OCCC(C)CCC=C(C)C)cc1C(C)(C)C. The lowest BCUT2D eigenvalue weighted by molar-refractivity contribution is -0.134. The first-order valence-electron chi connectivity index (χ1n) is 11.9. The molecule has 0 spiro atoms. The summed E-state index contributed by atoms with van der Waals surface area (Å²) in [5, 5.41) is 0. The Kier molecular flexibility index (Phi) is 10.3. The minimum atomic E-state index is -0.169. The Labute approximate surface area is 191 Å². The van der Waals surface area contributed by atoms with Crippen molar-refractivity contribution in [3.05, 3.63) is 34.9 Å². The molecular weight excluding hydrogens is 384 g/mol. The molecule has 0 aliphatic carbocycles. The van der Waals surface area contributed by atoms with Crippen LogP contribution in [0.4, 0.5) is 0 Å². The van der Waals surface area contributed by atoms with Gasteiger partial charge in [0.2, 0.25) is 0 Å². The number of allylic oxidation sites excluding steroid dienone is 2. The van der Waals surface area contributed by atoms with E-state index in [0.29, 0.717) is 24.7 Å². The molecule has 1 unspecified atom stereocenters. The highest BCUT2D eigenvalue weighted by Crippen LogP contribution is 2.42. The second-order valence-corrected chi connectivity index (χ2v) is 11.2. The molecule has 3 heteroatoms. The van der Waals surface area contributed by atoms with E-state index in [1.165, 1.54) is 12.0 Å². The third kappa shape index (κ3) is 9.49. The van der Waals surface area contributed by atoms with Crippen molar-refractivity contribution in [1.29, 1.82) is 0 Å². The van der Waals surface area contributed by atoms with Crippen LogP contribution in [-0.4, -0.2) is 12.6 Å². The molecule has 1 aromatic rings. The molecule has 0 radical (unpaired) electrons. The highest BCUT2D eigenvalue weighted by atomic mass is 16.5. The van der Waals surface area contributed by atoms with Crippen LogP contribution in [0.15, 0.2) is 23.8 Å². The van der Waals surface area contributed by atoms with E-state index in [1.807, 2.05) is 6.92 Å². The number of carbonyl (C=O) groups is 1. The third-order valence-corrected chi connectivity index (χ3v) is 5.44. The van der Waals surface area contributed by atoms with E-state index < -0.39 is 0 Å². The first-order valence-corrected chi connectivity index (χ1v) is 11.9. The normalized spacial score (nSPS) is 13.0. The summed E-state index contributed by atoms with van der Waals surface area (Å²) in [7, 11) is 0. The second kappa shape index (κ2) is 11.7.